The number of furan rings is 2. The molecule has 0 aliphatic carbocycles. The number of hydrogen-bond acceptors (Lipinski definition) is 3. The van der Waals surface area contributed by atoms with Gasteiger partial charge in [-0.05, 0) is 99.8 Å². The van der Waals surface area contributed by atoms with Crippen molar-refractivity contribution in [1.29, 1.82) is 0 Å². The largest absolute Gasteiger partial charge is 0.456 e. The van der Waals surface area contributed by atoms with Crippen molar-refractivity contribution in [2.75, 3.05) is 4.90 Å². The maximum Gasteiger partial charge on any atom is 0.136 e. The third-order valence-corrected chi connectivity index (χ3v) is 9.67. The quantitative estimate of drug-likeness (QED) is 0.190. The molecule has 0 amide bonds. The molecule has 0 aliphatic rings. The summed E-state index contributed by atoms with van der Waals surface area (Å²) in [5.74, 6) is 0. The third-order valence-electron chi connectivity index (χ3n) is 9.67. The molecular formula is C46H29NO2. The zero-order valence-electron chi connectivity index (χ0n) is 26.5. The van der Waals surface area contributed by atoms with Crippen LogP contribution < -0.4 is 4.90 Å². The SMILES string of the molecule is c1ccc(-c2ccc(N(c3ccc(-c4ccc5ccc6oc7ccccc7c6c5c4)cc3)c3ccc4oc5ccccc5c4c3)cc2)cc1. The molecule has 2 heterocycles. The first-order chi connectivity index (χ1) is 24.3. The lowest BCUT2D eigenvalue weighted by Crippen LogP contribution is -2.09. The second kappa shape index (κ2) is 11.0. The normalized spacial score (nSPS) is 11.7. The Morgan fingerprint density at radius 2 is 0.816 bits per heavy atom. The van der Waals surface area contributed by atoms with Gasteiger partial charge in [-0.3, -0.25) is 0 Å². The van der Waals surface area contributed by atoms with Gasteiger partial charge in [0, 0.05) is 38.6 Å². The average molecular weight is 628 g/mol. The minimum absolute atomic E-state index is 0.885. The summed E-state index contributed by atoms with van der Waals surface area (Å²) in [4.78, 5) is 2.32. The minimum atomic E-state index is 0.885. The summed E-state index contributed by atoms with van der Waals surface area (Å²) in [6.07, 6.45) is 0. The van der Waals surface area contributed by atoms with Crippen LogP contribution in [0, 0.1) is 0 Å². The summed E-state index contributed by atoms with van der Waals surface area (Å²) in [6.45, 7) is 0. The van der Waals surface area contributed by atoms with E-state index in [0.717, 1.165) is 61.1 Å². The zero-order chi connectivity index (χ0) is 32.3. The molecule has 49 heavy (non-hydrogen) atoms. The maximum absolute atomic E-state index is 6.20. The van der Waals surface area contributed by atoms with Crippen molar-refractivity contribution in [2.24, 2.45) is 0 Å². The van der Waals surface area contributed by atoms with Crippen molar-refractivity contribution in [2.45, 2.75) is 0 Å². The Kier molecular flexibility index (Phi) is 6.18. The van der Waals surface area contributed by atoms with E-state index in [1.54, 1.807) is 0 Å². The standard InChI is InChI=1S/C46H29NO2/c1-2-8-30(9-3-1)31-16-21-35(22-17-31)47(37-25-27-44-41(29-37)38-10-4-6-12-42(38)48-44)36-23-18-32(19-24-36)34-15-14-33-20-26-45-46(40(33)28-34)39-11-5-7-13-43(39)49-45/h1-29H. The number of anilines is 3. The molecule has 10 rings (SSSR count). The molecule has 3 nitrogen and oxygen atoms in total. The highest BCUT2D eigenvalue weighted by molar-refractivity contribution is 6.19. The molecular weight excluding hydrogens is 599 g/mol. The van der Waals surface area contributed by atoms with Gasteiger partial charge in [0.15, 0.2) is 0 Å². The predicted octanol–water partition coefficient (Wildman–Crippen LogP) is 13.4. The second-order valence-electron chi connectivity index (χ2n) is 12.5. The van der Waals surface area contributed by atoms with Gasteiger partial charge < -0.3 is 13.7 Å². The van der Waals surface area contributed by atoms with Crippen LogP contribution in [0.5, 0.6) is 0 Å². The van der Waals surface area contributed by atoms with Crippen LogP contribution in [-0.4, -0.2) is 0 Å². The Hall–Kier alpha value is -6.58. The molecule has 0 radical (unpaired) electrons. The van der Waals surface area contributed by atoms with Gasteiger partial charge in [-0.25, -0.2) is 0 Å². The van der Waals surface area contributed by atoms with E-state index in [4.69, 9.17) is 8.83 Å². The van der Waals surface area contributed by atoms with Crippen molar-refractivity contribution in [3.63, 3.8) is 0 Å². The molecule has 2 aromatic heterocycles. The average Bonchev–Trinajstić information content (AvgIpc) is 3.74. The first-order valence-corrected chi connectivity index (χ1v) is 16.6. The molecule has 0 spiro atoms. The van der Waals surface area contributed by atoms with Gasteiger partial charge >= 0.3 is 0 Å². The number of rotatable bonds is 5. The van der Waals surface area contributed by atoms with E-state index in [-0.39, 0.29) is 0 Å². The van der Waals surface area contributed by atoms with Gasteiger partial charge in [0.2, 0.25) is 0 Å². The van der Waals surface area contributed by atoms with Gasteiger partial charge in [-0.1, -0.05) is 109 Å². The molecule has 0 N–H and O–H groups in total. The highest BCUT2D eigenvalue weighted by Gasteiger charge is 2.17. The lowest BCUT2D eigenvalue weighted by Gasteiger charge is -2.26. The van der Waals surface area contributed by atoms with Gasteiger partial charge in [-0.2, -0.15) is 0 Å². The first-order valence-electron chi connectivity index (χ1n) is 16.6. The van der Waals surface area contributed by atoms with Crippen molar-refractivity contribution < 1.29 is 8.83 Å². The maximum atomic E-state index is 6.20. The molecule has 0 bridgehead atoms. The van der Waals surface area contributed by atoms with Crippen LogP contribution in [-0.2, 0) is 0 Å². The predicted molar refractivity (Wildman–Crippen MR) is 204 cm³/mol. The topological polar surface area (TPSA) is 29.5 Å². The first kappa shape index (κ1) is 27.5. The van der Waals surface area contributed by atoms with Crippen LogP contribution in [0.3, 0.4) is 0 Å². The number of fused-ring (bicyclic) bond motifs is 8. The number of hydrogen-bond donors (Lipinski definition) is 0. The van der Waals surface area contributed by atoms with Gasteiger partial charge in [-0.15, -0.1) is 0 Å². The van der Waals surface area contributed by atoms with E-state index in [2.05, 4.69) is 157 Å². The van der Waals surface area contributed by atoms with E-state index < -0.39 is 0 Å². The molecule has 0 atom stereocenters. The summed E-state index contributed by atoms with van der Waals surface area (Å²) in [5, 5.41) is 6.93. The van der Waals surface area contributed by atoms with Crippen molar-refractivity contribution >= 4 is 71.7 Å². The lowest BCUT2D eigenvalue weighted by atomic mass is 9.98. The van der Waals surface area contributed by atoms with E-state index in [0.29, 0.717) is 0 Å². The molecule has 0 unspecified atom stereocenters. The molecule has 10 aromatic rings. The van der Waals surface area contributed by atoms with Crippen LogP contribution in [0.4, 0.5) is 17.1 Å². The molecule has 0 saturated carbocycles. The molecule has 3 heteroatoms. The van der Waals surface area contributed by atoms with Gasteiger partial charge in [0.05, 0.1) is 0 Å². The fourth-order valence-electron chi connectivity index (χ4n) is 7.26. The Morgan fingerprint density at radius 3 is 1.57 bits per heavy atom. The van der Waals surface area contributed by atoms with Crippen LogP contribution in [0.1, 0.15) is 0 Å². The molecule has 230 valence electrons. The molecule has 0 fully saturated rings. The zero-order valence-corrected chi connectivity index (χ0v) is 26.5. The van der Waals surface area contributed by atoms with Crippen molar-refractivity contribution in [1.82, 2.24) is 0 Å². The lowest BCUT2D eigenvalue weighted by molar-refractivity contribution is 0.668. The number of para-hydroxylation sites is 2. The van der Waals surface area contributed by atoms with E-state index >= 15 is 0 Å². The van der Waals surface area contributed by atoms with E-state index in [1.807, 2.05) is 24.3 Å². The fourth-order valence-corrected chi connectivity index (χ4v) is 7.26. The molecule has 0 aliphatic heterocycles. The Labute approximate surface area is 282 Å². The summed E-state index contributed by atoms with van der Waals surface area (Å²) in [7, 11) is 0. The summed E-state index contributed by atoms with van der Waals surface area (Å²) < 4.78 is 12.4. The number of nitrogens with zero attached hydrogens (tertiary/aromatic N) is 1. The van der Waals surface area contributed by atoms with Crippen molar-refractivity contribution in [3.8, 4) is 22.3 Å². The third kappa shape index (κ3) is 4.59. The van der Waals surface area contributed by atoms with Crippen molar-refractivity contribution in [3.05, 3.63) is 176 Å². The number of benzene rings is 8. The summed E-state index contributed by atoms with van der Waals surface area (Å²) in [6, 6.07) is 62.2. The van der Waals surface area contributed by atoms with E-state index in [9.17, 15) is 0 Å². The Balaban J connectivity index is 1.09. The minimum Gasteiger partial charge on any atom is -0.456 e. The van der Waals surface area contributed by atoms with Gasteiger partial charge in [0.25, 0.3) is 0 Å². The highest BCUT2D eigenvalue weighted by Crippen LogP contribution is 2.41. The van der Waals surface area contributed by atoms with Gasteiger partial charge in [0.1, 0.15) is 22.3 Å². The van der Waals surface area contributed by atoms with Crippen LogP contribution in [0.25, 0.3) is 76.9 Å². The van der Waals surface area contributed by atoms with Crippen LogP contribution in [0.2, 0.25) is 0 Å². The van der Waals surface area contributed by atoms with Crippen LogP contribution >= 0.6 is 0 Å². The monoisotopic (exact) mass is 627 g/mol. The van der Waals surface area contributed by atoms with E-state index in [1.165, 1.54) is 32.8 Å². The molecule has 0 saturated heterocycles. The summed E-state index contributed by atoms with van der Waals surface area (Å²) in [5.41, 5.74) is 11.6. The smallest absolute Gasteiger partial charge is 0.136 e. The summed E-state index contributed by atoms with van der Waals surface area (Å²) >= 11 is 0. The fraction of sp³-hybridized carbons (Fsp3) is 0. The second-order valence-corrected chi connectivity index (χ2v) is 12.5. The van der Waals surface area contributed by atoms with Crippen LogP contribution in [0.15, 0.2) is 185 Å². The Morgan fingerprint density at radius 1 is 0.306 bits per heavy atom. The highest BCUT2D eigenvalue weighted by atomic mass is 16.3. The Bertz CT molecular complexity index is 2810. The molecule has 8 aromatic carbocycles.